The molecule has 0 bridgehead atoms. The van der Waals surface area contributed by atoms with Gasteiger partial charge in [-0.3, -0.25) is 0 Å². The Labute approximate surface area is 101 Å². The maximum absolute atomic E-state index is 5.88. The maximum atomic E-state index is 5.88. The molecule has 0 saturated heterocycles. The van der Waals surface area contributed by atoms with Crippen molar-refractivity contribution in [3.63, 3.8) is 0 Å². The maximum Gasteiger partial charge on any atom is 0.125 e. The molecule has 1 rings (SSSR count). The molecule has 1 aromatic rings. The number of benzene rings is 1. The molecule has 0 unspecified atom stereocenters. The normalized spacial score (nSPS) is 11.2. The minimum Gasteiger partial charge on any atom is -0.496 e. The van der Waals surface area contributed by atoms with Gasteiger partial charge in [0, 0.05) is 5.56 Å². The standard InChI is InChI=1S/C11H13B3O2/c1-7-9(15-2)4-8(5-10(7)16-3)11(13,14)6-12/h4-5H,6H2,1-3H3. The summed E-state index contributed by atoms with van der Waals surface area (Å²) in [5.41, 5.74) is 1.59. The van der Waals surface area contributed by atoms with Gasteiger partial charge in [0.1, 0.15) is 11.5 Å². The Balaban J connectivity index is 3.32. The highest BCUT2D eigenvalue weighted by Crippen LogP contribution is 2.33. The zero-order valence-corrected chi connectivity index (χ0v) is 9.91. The minimum atomic E-state index is -1.08. The molecule has 1 aromatic carbocycles. The SMILES string of the molecule is [B]CC([B])([B])c1cc(OC)c(C)c(OC)c1. The molecule has 0 fully saturated rings. The molecule has 6 radical (unpaired) electrons. The second kappa shape index (κ2) is 4.90. The number of hydrogen-bond acceptors (Lipinski definition) is 2. The summed E-state index contributed by atoms with van der Waals surface area (Å²) in [6.45, 7) is 1.90. The van der Waals surface area contributed by atoms with Crippen molar-refractivity contribution in [1.82, 2.24) is 0 Å². The Hall–Kier alpha value is -0.985. The van der Waals surface area contributed by atoms with Crippen LogP contribution in [0.25, 0.3) is 0 Å². The highest BCUT2D eigenvalue weighted by Gasteiger charge is 2.20. The lowest BCUT2D eigenvalue weighted by Crippen LogP contribution is -2.26. The van der Waals surface area contributed by atoms with Crippen LogP contribution in [0.5, 0.6) is 11.5 Å². The predicted molar refractivity (Wildman–Crippen MR) is 68.0 cm³/mol. The number of hydrogen-bond donors (Lipinski definition) is 0. The van der Waals surface area contributed by atoms with E-state index in [9.17, 15) is 0 Å². The van der Waals surface area contributed by atoms with Crippen LogP contribution in [0.2, 0.25) is 6.32 Å². The first-order chi connectivity index (χ1) is 7.46. The lowest BCUT2D eigenvalue weighted by Gasteiger charge is -2.26. The smallest absolute Gasteiger partial charge is 0.125 e. The summed E-state index contributed by atoms with van der Waals surface area (Å²) in [5.74, 6) is 1.37. The van der Waals surface area contributed by atoms with Crippen LogP contribution < -0.4 is 9.47 Å². The van der Waals surface area contributed by atoms with E-state index >= 15 is 0 Å². The van der Waals surface area contributed by atoms with Gasteiger partial charge in [0.25, 0.3) is 0 Å². The van der Waals surface area contributed by atoms with E-state index in [1.54, 1.807) is 26.4 Å². The van der Waals surface area contributed by atoms with E-state index in [0.717, 1.165) is 5.56 Å². The molecule has 0 amide bonds. The highest BCUT2D eigenvalue weighted by atomic mass is 16.5. The fourth-order valence-corrected chi connectivity index (χ4v) is 1.47. The van der Waals surface area contributed by atoms with Crippen LogP contribution in [-0.2, 0) is 5.21 Å². The Morgan fingerprint density at radius 2 is 1.56 bits per heavy atom. The predicted octanol–water partition coefficient (Wildman–Crippen LogP) is 1.09. The summed E-state index contributed by atoms with van der Waals surface area (Å²) >= 11 is 0. The molecule has 2 nitrogen and oxygen atoms in total. The second-order valence-corrected chi connectivity index (χ2v) is 3.75. The zero-order valence-electron chi connectivity index (χ0n) is 9.91. The van der Waals surface area contributed by atoms with Gasteiger partial charge in [-0.1, -0.05) is 17.1 Å². The van der Waals surface area contributed by atoms with Gasteiger partial charge in [0.2, 0.25) is 0 Å². The van der Waals surface area contributed by atoms with Crippen molar-refractivity contribution < 1.29 is 9.47 Å². The number of ether oxygens (including phenoxy) is 2. The highest BCUT2D eigenvalue weighted by molar-refractivity contribution is 6.43. The first-order valence-corrected chi connectivity index (χ1v) is 4.97. The van der Waals surface area contributed by atoms with Crippen LogP contribution in [0.4, 0.5) is 0 Å². The number of rotatable bonds is 4. The molecule has 0 aliphatic carbocycles. The molecular weight excluding hydrogens is 197 g/mol. The monoisotopic (exact) mass is 210 g/mol. The summed E-state index contributed by atoms with van der Waals surface area (Å²) in [6, 6.07) is 3.56. The lowest BCUT2D eigenvalue weighted by molar-refractivity contribution is 0.387. The molecule has 16 heavy (non-hydrogen) atoms. The van der Waals surface area contributed by atoms with Gasteiger partial charge in [0.05, 0.1) is 37.8 Å². The Bertz CT molecular complexity index is 352. The van der Waals surface area contributed by atoms with Gasteiger partial charge in [-0.2, -0.15) is 0 Å². The van der Waals surface area contributed by atoms with E-state index in [-0.39, 0.29) is 6.32 Å². The largest absolute Gasteiger partial charge is 0.496 e. The van der Waals surface area contributed by atoms with Gasteiger partial charge >= 0.3 is 0 Å². The molecule has 78 valence electrons. The third-order valence-electron chi connectivity index (χ3n) is 2.63. The quantitative estimate of drug-likeness (QED) is 0.692. The van der Waals surface area contributed by atoms with Crippen LogP contribution in [0.3, 0.4) is 0 Å². The molecule has 0 aromatic heterocycles. The molecule has 0 spiro atoms. The molecule has 5 heteroatoms. The summed E-state index contributed by atoms with van der Waals surface area (Å²) in [5, 5.41) is -1.08. The van der Waals surface area contributed by atoms with Gasteiger partial charge in [-0.05, 0) is 19.1 Å². The molecular formula is C11H13B3O2. The van der Waals surface area contributed by atoms with Gasteiger partial charge in [0.15, 0.2) is 0 Å². The van der Waals surface area contributed by atoms with Crippen LogP contribution in [0.1, 0.15) is 11.1 Å². The van der Waals surface area contributed by atoms with Crippen LogP contribution in [-0.4, -0.2) is 37.8 Å². The zero-order chi connectivity index (χ0) is 12.3. The van der Waals surface area contributed by atoms with Crippen molar-refractivity contribution in [3.05, 3.63) is 23.3 Å². The number of methoxy groups -OCH3 is 2. The van der Waals surface area contributed by atoms with Gasteiger partial charge in [-0.15, -0.1) is 0 Å². The second-order valence-electron chi connectivity index (χ2n) is 3.75. The molecule has 0 saturated carbocycles. The Kier molecular flexibility index (Phi) is 4.00. The molecule has 0 N–H and O–H groups in total. The van der Waals surface area contributed by atoms with E-state index in [2.05, 4.69) is 0 Å². The fourth-order valence-electron chi connectivity index (χ4n) is 1.47. The van der Waals surface area contributed by atoms with Crippen molar-refractivity contribution in [3.8, 4) is 11.5 Å². The van der Waals surface area contributed by atoms with Gasteiger partial charge in [-0.25, -0.2) is 0 Å². The van der Waals surface area contributed by atoms with E-state index in [4.69, 9.17) is 33.0 Å². The minimum absolute atomic E-state index is 0.141. The van der Waals surface area contributed by atoms with E-state index in [1.165, 1.54) is 0 Å². The van der Waals surface area contributed by atoms with Crippen molar-refractivity contribution in [1.29, 1.82) is 0 Å². The fraction of sp³-hybridized carbons (Fsp3) is 0.455. The van der Waals surface area contributed by atoms with Crippen molar-refractivity contribution in [2.24, 2.45) is 0 Å². The third-order valence-corrected chi connectivity index (χ3v) is 2.63. The Morgan fingerprint density at radius 1 is 1.12 bits per heavy atom. The summed E-state index contributed by atoms with van der Waals surface area (Å²) in [7, 11) is 20.5. The average Bonchev–Trinajstić information content (AvgIpc) is 2.29. The van der Waals surface area contributed by atoms with E-state index in [0.29, 0.717) is 17.1 Å². The van der Waals surface area contributed by atoms with Crippen LogP contribution in [0.15, 0.2) is 12.1 Å². The van der Waals surface area contributed by atoms with Crippen LogP contribution >= 0.6 is 0 Å². The van der Waals surface area contributed by atoms with E-state index in [1.807, 2.05) is 6.92 Å². The summed E-state index contributed by atoms with van der Waals surface area (Å²) in [4.78, 5) is 0. The topological polar surface area (TPSA) is 18.5 Å². The van der Waals surface area contributed by atoms with Crippen molar-refractivity contribution >= 4 is 23.5 Å². The molecule has 0 atom stereocenters. The molecule has 0 aliphatic rings. The first-order valence-electron chi connectivity index (χ1n) is 4.97. The molecule has 0 aliphatic heterocycles. The first kappa shape index (κ1) is 13.1. The van der Waals surface area contributed by atoms with Gasteiger partial charge < -0.3 is 9.47 Å². The average molecular weight is 210 g/mol. The lowest BCUT2D eigenvalue weighted by atomic mass is 9.46. The summed E-state index contributed by atoms with van der Waals surface area (Å²) in [6.07, 6.45) is 0.141. The summed E-state index contributed by atoms with van der Waals surface area (Å²) < 4.78 is 10.5. The Morgan fingerprint density at radius 3 is 1.88 bits per heavy atom. The van der Waals surface area contributed by atoms with Crippen molar-refractivity contribution in [2.45, 2.75) is 18.5 Å². The van der Waals surface area contributed by atoms with Crippen LogP contribution in [0, 0.1) is 6.92 Å². The van der Waals surface area contributed by atoms with Crippen molar-refractivity contribution in [2.75, 3.05) is 14.2 Å². The van der Waals surface area contributed by atoms with E-state index < -0.39 is 5.21 Å². The molecule has 0 heterocycles. The third kappa shape index (κ3) is 2.39.